The van der Waals surface area contributed by atoms with Gasteiger partial charge >= 0.3 is 0 Å². The fraction of sp³-hybridized carbons (Fsp3) is 0.250. The van der Waals surface area contributed by atoms with E-state index in [4.69, 9.17) is 4.74 Å². The molecule has 0 fully saturated rings. The SMILES string of the molecule is Cc1ccccc1C(=O)Nc1cccc(OCc2cc(=O)n3nc(CC(C)C)sc3n2)c1. The van der Waals surface area contributed by atoms with Crippen LogP contribution < -0.4 is 15.6 Å². The zero-order valence-corrected chi connectivity index (χ0v) is 19.0. The van der Waals surface area contributed by atoms with E-state index in [-0.39, 0.29) is 18.1 Å². The number of anilines is 1. The number of ether oxygens (including phenoxy) is 1. The van der Waals surface area contributed by atoms with Gasteiger partial charge in [0.25, 0.3) is 11.5 Å². The molecule has 0 aliphatic carbocycles. The first-order valence-electron chi connectivity index (χ1n) is 10.4. The van der Waals surface area contributed by atoms with E-state index in [1.807, 2.05) is 25.1 Å². The summed E-state index contributed by atoms with van der Waals surface area (Å²) in [5.74, 6) is 0.842. The molecular formula is C24H24N4O3S. The number of carbonyl (C=O) groups is 1. The first kappa shape index (κ1) is 21.7. The molecule has 2 heterocycles. The first-order valence-corrected chi connectivity index (χ1v) is 11.2. The van der Waals surface area contributed by atoms with Crippen molar-refractivity contribution in [3.8, 4) is 5.75 Å². The van der Waals surface area contributed by atoms with Crippen molar-refractivity contribution in [2.45, 2.75) is 33.8 Å². The van der Waals surface area contributed by atoms with E-state index in [1.54, 1.807) is 30.3 Å². The number of hydrogen-bond acceptors (Lipinski definition) is 6. The average molecular weight is 449 g/mol. The maximum absolute atomic E-state index is 12.6. The summed E-state index contributed by atoms with van der Waals surface area (Å²) in [6.45, 7) is 6.26. The highest BCUT2D eigenvalue weighted by Crippen LogP contribution is 2.20. The molecule has 4 rings (SSSR count). The number of carbonyl (C=O) groups excluding carboxylic acids is 1. The molecule has 0 atom stereocenters. The molecular weight excluding hydrogens is 424 g/mol. The number of nitrogens with one attached hydrogen (secondary N) is 1. The zero-order chi connectivity index (χ0) is 22.7. The van der Waals surface area contributed by atoms with Crippen LogP contribution in [0.4, 0.5) is 5.69 Å². The number of amides is 1. The molecule has 8 heteroatoms. The van der Waals surface area contributed by atoms with Crippen molar-refractivity contribution in [1.29, 1.82) is 0 Å². The Morgan fingerprint density at radius 1 is 1.16 bits per heavy atom. The summed E-state index contributed by atoms with van der Waals surface area (Å²) < 4.78 is 7.18. The lowest BCUT2D eigenvalue weighted by atomic mass is 10.1. The van der Waals surface area contributed by atoms with E-state index in [0.717, 1.165) is 17.0 Å². The van der Waals surface area contributed by atoms with Crippen molar-refractivity contribution in [3.63, 3.8) is 0 Å². The van der Waals surface area contributed by atoms with Crippen molar-refractivity contribution in [1.82, 2.24) is 14.6 Å². The predicted octanol–water partition coefficient (Wildman–Crippen LogP) is 4.49. The molecule has 0 spiro atoms. The molecule has 32 heavy (non-hydrogen) atoms. The third-order valence-corrected chi connectivity index (χ3v) is 5.72. The minimum atomic E-state index is -0.223. The van der Waals surface area contributed by atoms with Gasteiger partial charge in [-0.15, -0.1) is 0 Å². The molecule has 7 nitrogen and oxygen atoms in total. The Morgan fingerprint density at radius 2 is 1.97 bits per heavy atom. The van der Waals surface area contributed by atoms with Gasteiger partial charge in [-0.05, 0) is 36.6 Å². The largest absolute Gasteiger partial charge is 0.487 e. The smallest absolute Gasteiger partial charge is 0.275 e. The van der Waals surface area contributed by atoms with E-state index in [1.165, 1.54) is 21.9 Å². The summed E-state index contributed by atoms with van der Waals surface area (Å²) in [6, 6.07) is 16.0. The topological polar surface area (TPSA) is 85.6 Å². The molecule has 0 aliphatic heterocycles. The highest BCUT2D eigenvalue weighted by Gasteiger charge is 2.12. The number of benzene rings is 2. The second kappa shape index (κ2) is 9.32. The summed E-state index contributed by atoms with van der Waals surface area (Å²) in [6.07, 6.45) is 0.806. The first-order chi connectivity index (χ1) is 15.4. The third-order valence-electron chi connectivity index (χ3n) is 4.79. The Labute approximate surface area is 189 Å². The van der Waals surface area contributed by atoms with Gasteiger partial charge in [-0.25, -0.2) is 4.98 Å². The summed E-state index contributed by atoms with van der Waals surface area (Å²) in [4.78, 5) is 30.0. The molecule has 1 amide bonds. The molecule has 164 valence electrons. The van der Waals surface area contributed by atoms with Gasteiger partial charge in [-0.3, -0.25) is 9.59 Å². The van der Waals surface area contributed by atoms with Gasteiger partial charge < -0.3 is 10.1 Å². The molecule has 0 saturated carbocycles. The standard InChI is InChI=1S/C24H24N4O3S/c1-15(2)11-21-27-28-22(29)13-18(26-24(28)32-21)14-31-19-9-6-8-17(12-19)25-23(30)20-10-5-4-7-16(20)3/h4-10,12-13,15H,11,14H2,1-3H3,(H,25,30). The van der Waals surface area contributed by atoms with Crippen molar-refractivity contribution in [2.75, 3.05) is 5.32 Å². The number of hydrogen-bond donors (Lipinski definition) is 1. The van der Waals surface area contributed by atoms with Crippen molar-refractivity contribution in [2.24, 2.45) is 5.92 Å². The Kier molecular flexibility index (Phi) is 6.32. The molecule has 0 aliphatic rings. The summed E-state index contributed by atoms with van der Waals surface area (Å²) in [5.41, 5.74) is 2.46. The normalized spacial score (nSPS) is 11.1. The van der Waals surface area contributed by atoms with Crippen molar-refractivity contribution in [3.05, 3.63) is 86.8 Å². The monoisotopic (exact) mass is 448 g/mol. The lowest BCUT2D eigenvalue weighted by Gasteiger charge is -2.10. The van der Waals surface area contributed by atoms with Crippen LogP contribution in [0.15, 0.2) is 59.4 Å². The highest BCUT2D eigenvalue weighted by atomic mass is 32.1. The van der Waals surface area contributed by atoms with Gasteiger partial charge in [0.15, 0.2) is 0 Å². The van der Waals surface area contributed by atoms with Crippen LogP contribution in [0.1, 0.15) is 40.5 Å². The van der Waals surface area contributed by atoms with Gasteiger partial charge in [0.2, 0.25) is 4.96 Å². The second-order valence-corrected chi connectivity index (χ2v) is 9.00. The molecule has 0 saturated heterocycles. The van der Waals surface area contributed by atoms with E-state index >= 15 is 0 Å². The Morgan fingerprint density at radius 3 is 2.75 bits per heavy atom. The molecule has 4 aromatic rings. The summed E-state index contributed by atoms with van der Waals surface area (Å²) >= 11 is 1.42. The number of aryl methyl sites for hydroxylation is 1. The van der Waals surface area contributed by atoms with Gasteiger partial charge in [-0.2, -0.15) is 9.61 Å². The fourth-order valence-electron chi connectivity index (χ4n) is 3.25. The quantitative estimate of drug-likeness (QED) is 0.450. The van der Waals surface area contributed by atoms with Crippen molar-refractivity contribution >= 4 is 27.9 Å². The van der Waals surface area contributed by atoms with E-state index in [2.05, 4.69) is 29.2 Å². The van der Waals surface area contributed by atoms with Crippen LogP contribution in [0, 0.1) is 12.8 Å². The number of rotatable bonds is 7. The molecule has 1 N–H and O–H groups in total. The van der Waals surface area contributed by atoms with E-state index in [0.29, 0.717) is 33.6 Å². The van der Waals surface area contributed by atoms with Gasteiger partial charge in [0.05, 0.1) is 5.69 Å². The lowest BCUT2D eigenvalue weighted by Crippen LogP contribution is -2.16. The van der Waals surface area contributed by atoms with Crippen LogP contribution in [0.3, 0.4) is 0 Å². The zero-order valence-electron chi connectivity index (χ0n) is 18.2. The molecule has 0 radical (unpaired) electrons. The van der Waals surface area contributed by atoms with Crippen LogP contribution in [0.5, 0.6) is 5.75 Å². The van der Waals surface area contributed by atoms with Gasteiger partial charge in [0.1, 0.15) is 17.4 Å². The minimum Gasteiger partial charge on any atom is -0.487 e. The van der Waals surface area contributed by atoms with Crippen LogP contribution in [-0.2, 0) is 13.0 Å². The fourth-order valence-corrected chi connectivity index (χ4v) is 4.38. The highest BCUT2D eigenvalue weighted by molar-refractivity contribution is 7.16. The van der Waals surface area contributed by atoms with Crippen LogP contribution in [-0.4, -0.2) is 20.5 Å². The second-order valence-electron chi connectivity index (χ2n) is 7.96. The van der Waals surface area contributed by atoms with Gasteiger partial charge in [-0.1, -0.05) is 49.4 Å². The lowest BCUT2D eigenvalue weighted by molar-refractivity contribution is 0.102. The Bertz CT molecular complexity index is 1330. The molecule has 0 bridgehead atoms. The van der Waals surface area contributed by atoms with Crippen molar-refractivity contribution < 1.29 is 9.53 Å². The maximum Gasteiger partial charge on any atom is 0.275 e. The van der Waals surface area contributed by atoms with E-state index < -0.39 is 0 Å². The number of nitrogens with zero attached hydrogens (tertiary/aromatic N) is 3. The number of fused-ring (bicyclic) bond motifs is 1. The Hall–Kier alpha value is -3.52. The van der Waals surface area contributed by atoms with Crippen LogP contribution in [0.2, 0.25) is 0 Å². The Balaban J connectivity index is 1.46. The third kappa shape index (κ3) is 5.03. The molecule has 0 unspecified atom stereocenters. The van der Waals surface area contributed by atoms with Gasteiger partial charge in [0, 0.05) is 29.8 Å². The molecule has 2 aromatic carbocycles. The summed E-state index contributed by atoms with van der Waals surface area (Å²) in [5, 5.41) is 8.14. The summed E-state index contributed by atoms with van der Waals surface area (Å²) in [7, 11) is 0. The van der Waals surface area contributed by atoms with Crippen LogP contribution in [0.25, 0.3) is 4.96 Å². The minimum absolute atomic E-state index is 0.137. The maximum atomic E-state index is 12.6. The number of aromatic nitrogens is 3. The average Bonchev–Trinajstić information content (AvgIpc) is 3.15. The molecule has 2 aromatic heterocycles. The van der Waals surface area contributed by atoms with Crippen LogP contribution >= 0.6 is 11.3 Å². The van der Waals surface area contributed by atoms with E-state index in [9.17, 15) is 9.59 Å². The predicted molar refractivity (Wildman–Crippen MR) is 126 cm³/mol.